The van der Waals surface area contributed by atoms with Crippen LogP contribution in [0.25, 0.3) is 22.5 Å². The Morgan fingerprint density at radius 1 is 1.17 bits per heavy atom. The highest BCUT2D eigenvalue weighted by molar-refractivity contribution is 6.35. The summed E-state index contributed by atoms with van der Waals surface area (Å²) in [6, 6.07) is 11.4. The lowest BCUT2D eigenvalue weighted by Crippen LogP contribution is -2.35. The summed E-state index contributed by atoms with van der Waals surface area (Å²) in [6.45, 7) is 4.87. The molecule has 2 amide bonds. The summed E-state index contributed by atoms with van der Waals surface area (Å²) >= 11 is 7.01. The third-order valence-electron chi connectivity index (χ3n) is 9.07. The van der Waals surface area contributed by atoms with Crippen molar-refractivity contribution in [2.75, 3.05) is 38.7 Å². The number of nitrogens with zero attached hydrogens (tertiary/aromatic N) is 5. The summed E-state index contributed by atoms with van der Waals surface area (Å²) in [4.78, 5) is 41.2. The number of imidazole rings is 1. The number of rotatable bonds is 12. The van der Waals surface area contributed by atoms with Crippen molar-refractivity contribution >= 4 is 29.1 Å². The highest BCUT2D eigenvalue weighted by Crippen LogP contribution is 2.38. The summed E-state index contributed by atoms with van der Waals surface area (Å²) in [5.41, 5.74) is 6.88. The number of carbonyl (C=O) groups is 2. The van der Waals surface area contributed by atoms with Crippen molar-refractivity contribution in [3.05, 3.63) is 76.0 Å². The van der Waals surface area contributed by atoms with Gasteiger partial charge in [0.15, 0.2) is 5.82 Å². The molecule has 2 aliphatic heterocycles. The normalized spacial score (nSPS) is 16.1. The second-order valence-electron chi connectivity index (χ2n) is 12.2. The topological polar surface area (TPSA) is 126 Å². The number of methoxy groups -OCH3 is 1. The lowest BCUT2D eigenvalue weighted by atomic mass is 10.0. The van der Waals surface area contributed by atoms with Crippen molar-refractivity contribution in [1.82, 2.24) is 35.1 Å². The first kappa shape index (κ1) is 33.5. The van der Waals surface area contributed by atoms with E-state index in [4.69, 9.17) is 21.3 Å². The predicted molar refractivity (Wildman–Crippen MR) is 183 cm³/mol. The van der Waals surface area contributed by atoms with E-state index in [2.05, 4.69) is 30.8 Å². The first-order chi connectivity index (χ1) is 23.3. The summed E-state index contributed by atoms with van der Waals surface area (Å²) < 4.78 is 20.2. The fourth-order valence-electron chi connectivity index (χ4n) is 6.44. The Kier molecular flexibility index (Phi) is 10.3. The van der Waals surface area contributed by atoms with Gasteiger partial charge in [-0.3, -0.25) is 23.9 Å². The van der Waals surface area contributed by atoms with Crippen LogP contribution in [-0.4, -0.2) is 75.7 Å². The van der Waals surface area contributed by atoms with Crippen LogP contribution in [-0.2, 0) is 31.4 Å². The lowest BCUT2D eigenvalue weighted by molar-refractivity contribution is -0.119. The summed E-state index contributed by atoms with van der Waals surface area (Å²) in [5, 5.41) is 9.81. The van der Waals surface area contributed by atoms with Crippen LogP contribution in [0.1, 0.15) is 52.4 Å². The number of benzene rings is 1. The Balaban J connectivity index is 1.19. The Bertz CT molecular complexity index is 1830. The maximum atomic E-state index is 13.5. The Morgan fingerprint density at radius 3 is 2.79 bits per heavy atom. The molecule has 3 aromatic heterocycles. The molecule has 2 aliphatic rings. The largest absolute Gasteiger partial charge is 0.481 e. The van der Waals surface area contributed by atoms with Crippen molar-refractivity contribution in [2.24, 2.45) is 7.05 Å². The van der Waals surface area contributed by atoms with Crippen LogP contribution >= 0.6 is 11.6 Å². The standard InChI is InChI=1S/C35H40ClFN8O3/c1-21-24(6-4-7-26(21)42-34(47)33-41-28-20-45(16-5-14-37)17-13-29(28)44(33)2)32-31(36)25(12-15-39-32)27-10-8-22(35(43-27)48-3)18-38-19-23-9-11-30(46)40-23/h4,6-8,10,12,15,23,38H,5,9,11,13-14,16-20H2,1-3H3,(H,40,46)(H,42,47)/t23-/m0/s1. The molecule has 13 heteroatoms. The molecular formula is C35H40ClFN8O3. The molecule has 252 valence electrons. The van der Waals surface area contributed by atoms with E-state index in [0.717, 1.165) is 47.5 Å². The molecule has 1 atom stereocenters. The molecule has 48 heavy (non-hydrogen) atoms. The number of alkyl halides is 1. The van der Waals surface area contributed by atoms with E-state index in [1.807, 2.05) is 54.9 Å². The fourth-order valence-corrected chi connectivity index (χ4v) is 6.75. The molecule has 1 saturated heterocycles. The minimum absolute atomic E-state index is 0.0913. The zero-order chi connectivity index (χ0) is 33.8. The number of amides is 2. The highest BCUT2D eigenvalue weighted by atomic mass is 35.5. The van der Waals surface area contributed by atoms with Gasteiger partial charge in [-0.2, -0.15) is 0 Å². The molecule has 4 aromatic rings. The number of pyridine rings is 2. The van der Waals surface area contributed by atoms with E-state index in [1.165, 1.54) is 0 Å². The van der Waals surface area contributed by atoms with Gasteiger partial charge in [0, 0.05) is 92.9 Å². The predicted octanol–water partition coefficient (Wildman–Crippen LogP) is 4.85. The lowest BCUT2D eigenvalue weighted by Gasteiger charge is -2.26. The summed E-state index contributed by atoms with van der Waals surface area (Å²) in [7, 11) is 3.44. The third-order valence-corrected chi connectivity index (χ3v) is 9.45. The Labute approximate surface area is 284 Å². The molecule has 0 bridgehead atoms. The van der Waals surface area contributed by atoms with Crippen LogP contribution in [0.2, 0.25) is 5.02 Å². The molecular weight excluding hydrogens is 635 g/mol. The van der Waals surface area contributed by atoms with E-state index in [0.29, 0.717) is 78.4 Å². The van der Waals surface area contributed by atoms with E-state index in [1.54, 1.807) is 13.3 Å². The van der Waals surface area contributed by atoms with Crippen LogP contribution in [0.3, 0.4) is 0 Å². The van der Waals surface area contributed by atoms with Crippen molar-refractivity contribution in [1.29, 1.82) is 0 Å². The van der Waals surface area contributed by atoms with Gasteiger partial charge in [-0.05, 0) is 43.5 Å². The third kappa shape index (κ3) is 7.06. The molecule has 1 fully saturated rings. The fraction of sp³-hybridized carbons (Fsp3) is 0.400. The molecule has 11 nitrogen and oxygen atoms in total. The van der Waals surface area contributed by atoms with Crippen LogP contribution in [0.4, 0.5) is 10.1 Å². The van der Waals surface area contributed by atoms with Crippen molar-refractivity contribution in [3.8, 4) is 28.4 Å². The number of hydrogen-bond donors (Lipinski definition) is 3. The molecule has 0 unspecified atom stereocenters. The quantitative estimate of drug-likeness (QED) is 0.195. The minimum Gasteiger partial charge on any atom is -0.481 e. The average Bonchev–Trinajstić information content (AvgIpc) is 3.66. The Morgan fingerprint density at radius 2 is 2.02 bits per heavy atom. The van der Waals surface area contributed by atoms with Crippen LogP contribution in [0.5, 0.6) is 5.88 Å². The maximum Gasteiger partial charge on any atom is 0.291 e. The van der Waals surface area contributed by atoms with E-state index >= 15 is 0 Å². The zero-order valence-electron chi connectivity index (χ0n) is 27.4. The van der Waals surface area contributed by atoms with Crippen molar-refractivity contribution in [3.63, 3.8) is 0 Å². The van der Waals surface area contributed by atoms with Crippen LogP contribution < -0.4 is 20.7 Å². The molecule has 1 aromatic carbocycles. The molecule has 0 radical (unpaired) electrons. The van der Waals surface area contributed by atoms with Gasteiger partial charge in [0.25, 0.3) is 5.91 Å². The molecule has 5 heterocycles. The summed E-state index contributed by atoms with van der Waals surface area (Å²) in [5.74, 6) is 0.594. The molecule has 0 aliphatic carbocycles. The average molecular weight is 675 g/mol. The Hall–Kier alpha value is -4.39. The first-order valence-corrected chi connectivity index (χ1v) is 16.6. The number of halogens is 2. The second kappa shape index (κ2) is 14.8. The van der Waals surface area contributed by atoms with Gasteiger partial charge in [0.05, 0.1) is 35.9 Å². The molecule has 0 spiro atoms. The monoisotopic (exact) mass is 674 g/mol. The number of nitrogens with one attached hydrogen (secondary N) is 3. The first-order valence-electron chi connectivity index (χ1n) is 16.2. The number of aromatic nitrogens is 4. The van der Waals surface area contributed by atoms with Gasteiger partial charge in [-0.25, -0.2) is 9.97 Å². The summed E-state index contributed by atoms with van der Waals surface area (Å²) in [6.07, 6.45) is 4.33. The molecule has 6 rings (SSSR count). The number of hydrogen-bond acceptors (Lipinski definition) is 8. The minimum atomic E-state index is -0.343. The van der Waals surface area contributed by atoms with Gasteiger partial charge < -0.3 is 25.3 Å². The van der Waals surface area contributed by atoms with E-state index in [-0.39, 0.29) is 24.5 Å². The van der Waals surface area contributed by atoms with Gasteiger partial charge in [0.2, 0.25) is 11.8 Å². The number of carbonyl (C=O) groups excluding carboxylic acids is 2. The van der Waals surface area contributed by atoms with Crippen LogP contribution in [0.15, 0.2) is 42.6 Å². The molecule has 3 N–H and O–H groups in total. The van der Waals surface area contributed by atoms with Crippen LogP contribution in [0, 0.1) is 6.92 Å². The second-order valence-corrected chi connectivity index (χ2v) is 12.6. The smallest absolute Gasteiger partial charge is 0.291 e. The zero-order valence-corrected chi connectivity index (χ0v) is 28.2. The number of fused-ring (bicyclic) bond motifs is 1. The number of anilines is 1. The van der Waals surface area contributed by atoms with Gasteiger partial charge in [-0.15, -0.1) is 0 Å². The highest BCUT2D eigenvalue weighted by Gasteiger charge is 2.26. The van der Waals surface area contributed by atoms with E-state index in [9.17, 15) is 14.0 Å². The van der Waals surface area contributed by atoms with E-state index < -0.39 is 0 Å². The van der Waals surface area contributed by atoms with Gasteiger partial charge >= 0.3 is 0 Å². The van der Waals surface area contributed by atoms with Crippen molar-refractivity contribution in [2.45, 2.75) is 51.7 Å². The SMILES string of the molecule is COc1nc(-c2ccnc(-c3cccc(NC(=O)c4nc5c(n4C)CCN(CCCF)C5)c3C)c2Cl)ccc1CNC[C@@H]1CCC(=O)N1. The molecule has 0 saturated carbocycles. The maximum absolute atomic E-state index is 13.5. The van der Waals surface area contributed by atoms with Gasteiger partial charge in [-0.1, -0.05) is 29.8 Å². The van der Waals surface area contributed by atoms with Gasteiger partial charge in [0.1, 0.15) is 0 Å². The number of ether oxygens (including phenoxy) is 1. The van der Waals surface area contributed by atoms with Crippen molar-refractivity contribution < 1.29 is 18.7 Å².